The minimum Gasteiger partial charge on any atom is -0.481 e. The standard InChI is InChI=1S/C33H53NO5/c1-28(2)14-16-33(27(37)38)17-15-31(6)20(21(33)18-28)8-9-24-30(5)12-11-25(39-26(36)22(34)19-35)29(3,4)23(30)10-13-32(24,31)7/h8,21-25,35H,9-19,34H2,1-7H3,(H,37,38)/t21-,22-,23-,24+,25-,30-,31+,32+,33-/m0/s1. The minimum atomic E-state index is -0.986. The van der Waals surface area contributed by atoms with Crippen LogP contribution in [0.2, 0.25) is 0 Å². The first-order chi connectivity index (χ1) is 18.0. The Morgan fingerprint density at radius 3 is 2.28 bits per heavy atom. The van der Waals surface area contributed by atoms with Gasteiger partial charge in [-0.15, -0.1) is 0 Å². The van der Waals surface area contributed by atoms with Crippen molar-refractivity contribution in [2.24, 2.45) is 56.0 Å². The number of nitrogens with two attached hydrogens (primary N) is 1. The molecule has 39 heavy (non-hydrogen) atoms. The number of hydrogen-bond donors (Lipinski definition) is 3. The molecule has 4 N–H and O–H groups in total. The number of carbonyl (C=O) groups excluding carboxylic acids is 1. The summed E-state index contributed by atoms with van der Waals surface area (Å²) in [5.74, 6) is -0.0411. The molecule has 9 atom stereocenters. The molecule has 6 heteroatoms. The summed E-state index contributed by atoms with van der Waals surface area (Å²) in [5.41, 5.74) is 6.83. The van der Waals surface area contributed by atoms with Gasteiger partial charge in [-0.05, 0) is 104 Å². The molecule has 4 fully saturated rings. The first-order valence-electron chi connectivity index (χ1n) is 15.5. The number of carboxylic acids is 1. The second-order valence-corrected chi connectivity index (χ2v) is 16.3. The Labute approximate surface area is 235 Å². The lowest BCUT2D eigenvalue weighted by atomic mass is 9.33. The van der Waals surface area contributed by atoms with Gasteiger partial charge in [-0.3, -0.25) is 9.59 Å². The molecule has 0 aliphatic heterocycles. The molecule has 0 heterocycles. The van der Waals surface area contributed by atoms with Gasteiger partial charge in [0.1, 0.15) is 12.1 Å². The van der Waals surface area contributed by atoms with E-state index in [1.165, 1.54) is 5.57 Å². The fourth-order valence-corrected chi connectivity index (χ4v) is 11.1. The summed E-state index contributed by atoms with van der Waals surface area (Å²) in [6, 6.07) is -0.986. The maximum atomic E-state index is 12.9. The summed E-state index contributed by atoms with van der Waals surface area (Å²) >= 11 is 0. The third-order valence-corrected chi connectivity index (χ3v) is 13.8. The molecule has 0 radical (unpaired) electrons. The van der Waals surface area contributed by atoms with E-state index in [1.54, 1.807) is 0 Å². The number of esters is 1. The molecule has 5 rings (SSSR count). The molecule has 0 aromatic carbocycles. The van der Waals surface area contributed by atoms with Crippen LogP contribution in [0.25, 0.3) is 0 Å². The second kappa shape index (κ2) is 9.05. The number of aliphatic hydroxyl groups is 1. The zero-order chi connectivity index (χ0) is 28.8. The van der Waals surface area contributed by atoms with E-state index in [0.29, 0.717) is 11.8 Å². The highest BCUT2D eigenvalue weighted by atomic mass is 16.5. The van der Waals surface area contributed by atoms with Gasteiger partial charge in [0.2, 0.25) is 0 Å². The Hall–Kier alpha value is -1.40. The van der Waals surface area contributed by atoms with E-state index < -0.39 is 30.0 Å². The summed E-state index contributed by atoms with van der Waals surface area (Å²) in [4.78, 5) is 25.4. The van der Waals surface area contributed by atoms with Crippen molar-refractivity contribution < 1.29 is 24.5 Å². The van der Waals surface area contributed by atoms with Crippen LogP contribution in [0, 0.1) is 50.2 Å². The molecule has 6 nitrogen and oxygen atoms in total. The highest BCUT2D eigenvalue weighted by Crippen LogP contribution is 2.75. The number of carboxylic acid groups (broad SMARTS) is 1. The smallest absolute Gasteiger partial charge is 0.325 e. The van der Waals surface area contributed by atoms with Crippen molar-refractivity contribution >= 4 is 11.9 Å². The number of aliphatic hydroxyl groups excluding tert-OH is 1. The van der Waals surface area contributed by atoms with Gasteiger partial charge < -0.3 is 20.7 Å². The maximum absolute atomic E-state index is 12.9. The van der Waals surface area contributed by atoms with Crippen LogP contribution in [0.5, 0.6) is 0 Å². The van der Waals surface area contributed by atoms with E-state index in [0.717, 1.165) is 64.2 Å². The summed E-state index contributed by atoms with van der Waals surface area (Å²) in [6.07, 6.45) is 11.8. The fraction of sp³-hybridized carbons (Fsp3) is 0.879. The average molecular weight is 544 g/mol. The molecule has 0 spiro atoms. The van der Waals surface area contributed by atoms with E-state index in [1.807, 2.05) is 0 Å². The second-order valence-electron chi connectivity index (χ2n) is 16.3. The van der Waals surface area contributed by atoms with Crippen molar-refractivity contribution in [2.45, 2.75) is 125 Å². The Bertz CT molecular complexity index is 1060. The van der Waals surface area contributed by atoms with Gasteiger partial charge in [0.15, 0.2) is 0 Å². The molecule has 0 bridgehead atoms. The van der Waals surface area contributed by atoms with Crippen LogP contribution >= 0.6 is 0 Å². The number of hydrogen-bond acceptors (Lipinski definition) is 5. The van der Waals surface area contributed by atoms with Crippen molar-refractivity contribution in [3.63, 3.8) is 0 Å². The Morgan fingerprint density at radius 1 is 0.974 bits per heavy atom. The molecule has 0 saturated heterocycles. The SMILES string of the molecule is CC1(C)CC[C@]2(C(=O)O)CC[C@]3(C)C(=CC[C@@H]4[C@@]5(C)CC[C@H](OC(=O)[C@@H](N)CO)C(C)(C)[C@@H]5CC[C@]43C)[C@@H]2C1. The van der Waals surface area contributed by atoms with E-state index in [2.05, 4.69) is 54.5 Å². The largest absolute Gasteiger partial charge is 0.481 e. The van der Waals surface area contributed by atoms with E-state index in [9.17, 15) is 19.8 Å². The lowest BCUT2D eigenvalue weighted by Gasteiger charge is -2.71. The molecular weight excluding hydrogens is 490 g/mol. The van der Waals surface area contributed by atoms with Crippen LogP contribution < -0.4 is 5.73 Å². The van der Waals surface area contributed by atoms with Crippen LogP contribution in [0.3, 0.4) is 0 Å². The molecule has 5 aliphatic rings. The zero-order valence-corrected chi connectivity index (χ0v) is 25.4. The highest BCUT2D eigenvalue weighted by molar-refractivity contribution is 5.77. The number of carbonyl (C=O) groups is 2. The Balaban J connectivity index is 1.50. The predicted octanol–water partition coefficient (Wildman–Crippen LogP) is 6.10. The normalized spacial score (nSPS) is 46.8. The Kier molecular flexibility index (Phi) is 6.75. The summed E-state index contributed by atoms with van der Waals surface area (Å²) in [7, 11) is 0. The highest BCUT2D eigenvalue weighted by Gasteiger charge is 2.69. The van der Waals surface area contributed by atoms with Crippen molar-refractivity contribution in [2.75, 3.05) is 6.61 Å². The van der Waals surface area contributed by atoms with Gasteiger partial charge in [-0.2, -0.15) is 0 Å². The van der Waals surface area contributed by atoms with E-state index >= 15 is 0 Å². The maximum Gasteiger partial charge on any atom is 0.325 e. The first-order valence-corrected chi connectivity index (χ1v) is 15.5. The van der Waals surface area contributed by atoms with Gasteiger partial charge in [0.25, 0.3) is 0 Å². The van der Waals surface area contributed by atoms with Crippen LogP contribution in [-0.4, -0.2) is 40.9 Å². The van der Waals surface area contributed by atoms with Gasteiger partial charge in [0, 0.05) is 5.41 Å². The van der Waals surface area contributed by atoms with E-state index in [4.69, 9.17) is 10.5 Å². The predicted molar refractivity (Wildman–Crippen MR) is 152 cm³/mol. The van der Waals surface area contributed by atoms with Gasteiger partial charge in [-0.25, -0.2) is 0 Å². The fourth-order valence-electron chi connectivity index (χ4n) is 11.1. The molecule has 220 valence electrons. The number of fused-ring (bicyclic) bond motifs is 7. The summed E-state index contributed by atoms with van der Waals surface area (Å²) < 4.78 is 5.94. The lowest BCUT2D eigenvalue weighted by Crippen LogP contribution is -2.65. The number of ether oxygens (including phenoxy) is 1. The third-order valence-electron chi connectivity index (χ3n) is 13.8. The van der Waals surface area contributed by atoms with Gasteiger partial charge in [0.05, 0.1) is 12.0 Å². The van der Waals surface area contributed by atoms with Gasteiger partial charge >= 0.3 is 11.9 Å². The molecule has 5 aliphatic carbocycles. The molecule has 0 unspecified atom stereocenters. The van der Waals surface area contributed by atoms with Gasteiger partial charge in [-0.1, -0.05) is 60.1 Å². The van der Waals surface area contributed by atoms with E-state index in [-0.39, 0.29) is 39.1 Å². The van der Waals surface area contributed by atoms with Crippen molar-refractivity contribution in [3.8, 4) is 0 Å². The quantitative estimate of drug-likeness (QED) is 0.292. The van der Waals surface area contributed by atoms with Crippen molar-refractivity contribution in [1.29, 1.82) is 0 Å². The number of allylic oxidation sites excluding steroid dienone is 2. The monoisotopic (exact) mass is 543 g/mol. The van der Waals surface area contributed by atoms with Crippen LogP contribution in [0.1, 0.15) is 113 Å². The Morgan fingerprint density at radius 2 is 1.64 bits per heavy atom. The molecule has 0 aromatic rings. The zero-order valence-electron chi connectivity index (χ0n) is 25.4. The topological polar surface area (TPSA) is 110 Å². The van der Waals surface area contributed by atoms with Crippen LogP contribution in [-0.2, 0) is 14.3 Å². The lowest BCUT2D eigenvalue weighted by molar-refractivity contribution is -0.214. The van der Waals surface area contributed by atoms with Crippen LogP contribution in [0.4, 0.5) is 0 Å². The van der Waals surface area contributed by atoms with Crippen molar-refractivity contribution in [1.82, 2.24) is 0 Å². The summed E-state index contributed by atoms with van der Waals surface area (Å²) in [6.45, 7) is 16.3. The molecule has 0 amide bonds. The van der Waals surface area contributed by atoms with Crippen molar-refractivity contribution in [3.05, 3.63) is 11.6 Å². The summed E-state index contributed by atoms with van der Waals surface area (Å²) in [5, 5.41) is 19.9. The van der Waals surface area contributed by atoms with Crippen LogP contribution in [0.15, 0.2) is 11.6 Å². The average Bonchev–Trinajstić information content (AvgIpc) is 2.85. The molecule has 0 aromatic heterocycles. The molecule has 4 saturated carbocycles. The molecular formula is C33H53NO5. The third kappa shape index (κ3) is 3.93. The number of aliphatic carboxylic acids is 1. The number of rotatable bonds is 4. The minimum absolute atomic E-state index is 0.00227. The first kappa shape index (κ1) is 29.1.